The van der Waals surface area contributed by atoms with Gasteiger partial charge in [-0.25, -0.2) is 4.79 Å². The summed E-state index contributed by atoms with van der Waals surface area (Å²) in [4.78, 5) is 51.8. The van der Waals surface area contributed by atoms with E-state index in [0.29, 0.717) is 16.7 Å². The second-order valence-corrected chi connectivity index (χ2v) is 6.42. The molecule has 0 amide bonds. The Morgan fingerprint density at radius 3 is 1.86 bits per heavy atom. The van der Waals surface area contributed by atoms with Crippen LogP contribution in [0, 0.1) is 0 Å². The van der Waals surface area contributed by atoms with Gasteiger partial charge in [0.2, 0.25) is 5.90 Å². The predicted molar refractivity (Wildman–Crippen MR) is 106 cm³/mol. The van der Waals surface area contributed by atoms with Crippen LogP contribution in [0.25, 0.3) is 0 Å². The lowest BCUT2D eigenvalue weighted by Gasteiger charge is -2.06. The molecular weight excluding hydrogens is 374 g/mol. The molecule has 29 heavy (non-hydrogen) atoms. The highest BCUT2D eigenvalue weighted by molar-refractivity contribution is 6.00. The second-order valence-electron chi connectivity index (χ2n) is 6.42. The zero-order valence-corrected chi connectivity index (χ0v) is 16.4. The molecule has 0 N–H and O–H groups in total. The summed E-state index contributed by atoms with van der Waals surface area (Å²) in [6, 6.07) is 13.6. The summed E-state index contributed by atoms with van der Waals surface area (Å²) < 4.78 is 5.00. The van der Waals surface area contributed by atoms with Crippen molar-refractivity contribution in [3.05, 3.63) is 70.8 Å². The third-order valence-electron chi connectivity index (χ3n) is 3.88. The van der Waals surface area contributed by atoms with Gasteiger partial charge in [-0.05, 0) is 48.3 Å². The SMILES string of the molecule is CC(=O)c1cc(CC(=O)O/N=C(\C)OC(=O)Cc2ccccc2)cc(C(C)=O)c1. The molecule has 0 heterocycles. The van der Waals surface area contributed by atoms with E-state index in [1.807, 2.05) is 18.2 Å². The molecule has 0 saturated carbocycles. The van der Waals surface area contributed by atoms with E-state index in [0.717, 1.165) is 5.56 Å². The summed E-state index contributed by atoms with van der Waals surface area (Å²) in [6.45, 7) is 4.14. The minimum Gasteiger partial charge on any atom is -0.408 e. The Labute approximate surface area is 168 Å². The van der Waals surface area contributed by atoms with Gasteiger partial charge in [-0.15, -0.1) is 0 Å². The lowest BCUT2D eigenvalue weighted by Crippen LogP contribution is -2.14. The number of carbonyl (C=O) groups is 4. The number of carbonyl (C=O) groups excluding carboxylic acids is 4. The molecule has 0 spiro atoms. The summed E-state index contributed by atoms with van der Waals surface area (Å²) in [7, 11) is 0. The maximum atomic E-state index is 12.0. The van der Waals surface area contributed by atoms with Gasteiger partial charge in [0.15, 0.2) is 11.6 Å². The molecule has 2 aromatic rings. The summed E-state index contributed by atoms with van der Waals surface area (Å²) in [6.07, 6.45) is -0.135. The van der Waals surface area contributed by atoms with Crippen molar-refractivity contribution in [3.63, 3.8) is 0 Å². The van der Waals surface area contributed by atoms with Gasteiger partial charge < -0.3 is 9.57 Å². The molecule has 0 bridgehead atoms. The van der Waals surface area contributed by atoms with E-state index in [1.54, 1.807) is 12.1 Å². The number of Topliss-reactive ketones (excluding diaryl/α,β-unsaturated/α-hetero) is 2. The Morgan fingerprint density at radius 1 is 0.759 bits per heavy atom. The number of rotatable bonds is 7. The van der Waals surface area contributed by atoms with Crippen LogP contribution in [0.1, 0.15) is 52.6 Å². The maximum absolute atomic E-state index is 12.0. The average molecular weight is 395 g/mol. The molecule has 150 valence electrons. The molecule has 0 fully saturated rings. The molecule has 7 nitrogen and oxygen atoms in total. The van der Waals surface area contributed by atoms with Crippen LogP contribution in [0.2, 0.25) is 0 Å². The minimum atomic E-state index is -0.723. The first-order valence-electron chi connectivity index (χ1n) is 8.89. The van der Waals surface area contributed by atoms with Crippen molar-refractivity contribution in [2.75, 3.05) is 0 Å². The van der Waals surface area contributed by atoms with Crippen molar-refractivity contribution in [2.45, 2.75) is 33.6 Å². The van der Waals surface area contributed by atoms with Crippen LogP contribution >= 0.6 is 0 Å². The van der Waals surface area contributed by atoms with Crippen LogP contribution in [0.4, 0.5) is 0 Å². The van der Waals surface area contributed by atoms with Crippen molar-refractivity contribution in [1.29, 1.82) is 0 Å². The summed E-state index contributed by atoms with van der Waals surface area (Å²) in [5, 5.41) is 3.51. The first-order chi connectivity index (χ1) is 13.7. The van der Waals surface area contributed by atoms with E-state index in [9.17, 15) is 19.2 Å². The van der Waals surface area contributed by atoms with Crippen molar-refractivity contribution < 1.29 is 28.8 Å². The van der Waals surface area contributed by atoms with Gasteiger partial charge in [0.25, 0.3) is 0 Å². The van der Waals surface area contributed by atoms with Crippen molar-refractivity contribution in [1.82, 2.24) is 0 Å². The van der Waals surface area contributed by atoms with Gasteiger partial charge in [-0.3, -0.25) is 14.4 Å². The van der Waals surface area contributed by atoms with Crippen LogP contribution in [0.3, 0.4) is 0 Å². The molecule has 0 aromatic heterocycles. The monoisotopic (exact) mass is 395 g/mol. The third-order valence-corrected chi connectivity index (χ3v) is 3.88. The Hall–Kier alpha value is -3.61. The average Bonchev–Trinajstić information content (AvgIpc) is 2.66. The summed E-state index contributed by atoms with van der Waals surface area (Å²) in [5.74, 6) is -1.81. The van der Waals surface area contributed by atoms with Gasteiger partial charge >= 0.3 is 11.9 Å². The number of nitrogens with zero attached hydrogens (tertiary/aromatic N) is 1. The van der Waals surface area contributed by atoms with Crippen molar-refractivity contribution >= 4 is 29.4 Å². The van der Waals surface area contributed by atoms with Gasteiger partial charge in [0.05, 0.1) is 12.8 Å². The number of esters is 1. The largest absolute Gasteiger partial charge is 0.408 e. The molecule has 0 aliphatic carbocycles. The van der Waals surface area contributed by atoms with Crippen LogP contribution < -0.4 is 0 Å². The van der Waals surface area contributed by atoms with Crippen molar-refractivity contribution in [2.24, 2.45) is 5.16 Å². The fourth-order valence-corrected chi connectivity index (χ4v) is 2.50. The van der Waals surface area contributed by atoms with Crippen LogP contribution in [0.5, 0.6) is 0 Å². The maximum Gasteiger partial charge on any atom is 0.339 e. The summed E-state index contributed by atoms with van der Waals surface area (Å²) >= 11 is 0. The Kier molecular flexibility index (Phi) is 7.54. The molecule has 0 radical (unpaired) electrons. The zero-order chi connectivity index (χ0) is 21.4. The van der Waals surface area contributed by atoms with Gasteiger partial charge in [-0.2, -0.15) is 0 Å². The third kappa shape index (κ3) is 7.14. The number of oxime groups is 1. The molecule has 0 aliphatic rings. The van der Waals surface area contributed by atoms with E-state index in [-0.39, 0.29) is 30.3 Å². The lowest BCUT2D eigenvalue weighted by atomic mass is 10.00. The van der Waals surface area contributed by atoms with E-state index in [4.69, 9.17) is 9.57 Å². The zero-order valence-electron chi connectivity index (χ0n) is 16.4. The minimum absolute atomic E-state index is 0.0628. The fourth-order valence-electron chi connectivity index (χ4n) is 2.50. The molecular formula is C22H21NO6. The number of benzene rings is 2. The molecule has 0 aliphatic heterocycles. The van der Waals surface area contributed by atoms with Crippen LogP contribution in [-0.4, -0.2) is 29.4 Å². The highest BCUT2D eigenvalue weighted by Gasteiger charge is 2.13. The number of ketones is 2. The van der Waals surface area contributed by atoms with E-state index in [1.165, 1.54) is 39.0 Å². The second kappa shape index (κ2) is 10.1. The normalized spacial score (nSPS) is 10.9. The first-order valence-corrected chi connectivity index (χ1v) is 8.89. The predicted octanol–water partition coefficient (Wildman–Crippen LogP) is 3.30. The molecule has 0 unspecified atom stereocenters. The standard InChI is InChI=1S/C22H21NO6/c1-14(24)19-9-18(10-20(13-19)15(2)25)12-22(27)29-23-16(3)28-21(26)11-17-7-5-4-6-8-17/h4-10,13H,11-12H2,1-3H3/b23-16+. The number of hydrogen-bond donors (Lipinski definition) is 0. The van der Waals surface area contributed by atoms with Crippen molar-refractivity contribution in [3.8, 4) is 0 Å². The summed E-state index contributed by atoms with van der Waals surface area (Å²) in [5.41, 5.74) is 1.89. The smallest absolute Gasteiger partial charge is 0.339 e. The highest BCUT2D eigenvalue weighted by atomic mass is 16.7. The van der Waals surface area contributed by atoms with Gasteiger partial charge in [0.1, 0.15) is 0 Å². The number of ether oxygens (including phenoxy) is 1. The Morgan fingerprint density at radius 2 is 1.31 bits per heavy atom. The van der Waals surface area contributed by atoms with Gasteiger partial charge in [-0.1, -0.05) is 30.3 Å². The van der Waals surface area contributed by atoms with E-state index in [2.05, 4.69) is 5.16 Å². The Balaban J connectivity index is 1.95. The number of hydrogen-bond acceptors (Lipinski definition) is 7. The molecule has 7 heteroatoms. The Bertz CT molecular complexity index is 930. The lowest BCUT2D eigenvalue weighted by molar-refractivity contribution is -0.144. The molecule has 0 saturated heterocycles. The molecule has 0 atom stereocenters. The highest BCUT2D eigenvalue weighted by Crippen LogP contribution is 2.13. The molecule has 2 rings (SSSR count). The van der Waals surface area contributed by atoms with Crippen LogP contribution in [0.15, 0.2) is 53.7 Å². The van der Waals surface area contributed by atoms with Crippen LogP contribution in [-0.2, 0) is 32.0 Å². The quantitative estimate of drug-likeness (QED) is 0.178. The van der Waals surface area contributed by atoms with Gasteiger partial charge in [0, 0.05) is 18.1 Å². The fraction of sp³-hybridized carbons (Fsp3) is 0.227. The van der Waals surface area contributed by atoms with E-state index >= 15 is 0 Å². The topological polar surface area (TPSA) is 99.1 Å². The first kappa shape index (κ1) is 21.7. The molecule has 2 aromatic carbocycles. The van der Waals surface area contributed by atoms with E-state index < -0.39 is 11.9 Å².